The number of aliphatic carboxylic acids is 1. The van der Waals surface area contributed by atoms with E-state index in [1.54, 1.807) is 17.7 Å². The number of nitrogens with zero attached hydrogens (tertiary/aromatic N) is 2. The highest BCUT2D eigenvalue weighted by Crippen LogP contribution is 2.06. The van der Waals surface area contributed by atoms with Crippen LogP contribution in [0.15, 0.2) is 6.07 Å². The molecule has 1 heterocycles. The fourth-order valence-electron chi connectivity index (χ4n) is 1.64. The van der Waals surface area contributed by atoms with Gasteiger partial charge in [-0.15, -0.1) is 0 Å². The Balaban J connectivity index is 2.89. The summed E-state index contributed by atoms with van der Waals surface area (Å²) in [7, 11) is 0. The Kier molecular flexibility index (Phi) is 4.88. The summed E-state index contributed by atoms with van der Waals surface area (Å²) in [5.41, 5.74) is 1.24. The molecule has 0 fully saturated rings. The number of aromatic nitrogens is 2. The molecule has 100 valence electrons. The van der Waals surface area contributed by atoms with Crippen molar-refractivity contribution in [1.82, 2.24) is 15.1 Å². The monoisotopic (exact) mass is 253 g/mol. The van der Waals surface area contributed by atoms with Crippen LogP contribution in [0.4, 0.5) is 0 Å². The third-order valence-electron chi connectivity index (χ3n) is 2.74. The normalized spacial score (nSPS) is 12.2. The van der Waals surface area contributed by atoms with Crippen LogP contribution in [0, 0.1) is 0 Å². The van der Waals surface area contributed by atoms with Crippen molar-refractivity contribution in [3.8, 4) is 0 Å². The number of carboxylic acid groups (broad SMARTS) is 1. The van der Waals surface area contributed by atoms with E-state index in [1.807, 2.05) is 13.8 Å². The van der Waals surface area contributed by atoms with Crippen molar-refractivity contribution in [3.05, 3.63) is 17.5 Å². The molecular formula is C12H19N3O3. The standard InChI is InChI=1S/C12H19N3O3/c1-4-8-7-10(15(6-3)14-8)11(16)13-9(5-2)12(17)18/h7,9H,4-6H2,1-3H3,(H,13,16)(H,17,18)/t9-/m1/s1. The molecule has 0 bridgehead atoms. The SMILES string of the molecule is CCc1cc(C(=O)N[C@H](CC)C(=O)O)n(CC)n1. The van der Waals surface area contributed by atoms with Crippen molar-refractivity contribution in [1.29, 1.82) is 0 Å². The first kappa shape index (κ1) is 14.2. The molecule has 0 radical (unpaired) electrons. The number of carbonyl (C=O) groups excluding carboxylic acids is 1. The second-order valence-corrected chi connectivity index (χ2v) is 3.96. The van der Waals surface area contributed by atoms with E-state index >= 15 is 0 Å². The largest absolute Gasteiger partial charge is 0.480 e. The summed E-state index contributed by atoms with van der Waals surface area (Å²) in [5.74, 6) is -1.41. The Morgan fingerprint density at radius 2 is 2.11 bits per heavy atom. The lowest BCUT2D eigenvalue weighted by molar-refractivity contribution is -0.139. The predicted molar refractivity (Wildman–Crippen MR) is 66.5 cm³/mol. The van der Waals surface area contributed by atoms with Crippen LogP contribution in [0.3, 0.4) is 0 Å². The summed E-state index contributed by atoms with van der Waals surface area (Å²) in [4.78, 5) is 22.9. The second kappa shape index (κ2) is 6.18. The molecule has 0 aliphatic carbocycles. The van der Waals surface area contributed by atoms with Gasteiger partial charge in [-0.05, 0) is 25.8 Å². The summed E-state index contributed by atoms with van der Waals surface area (Å²) < 4.78 is 1.59. The fraction of sp³-hybridized carbons (Fsp3) is 0.583. The molecule has 1 aromatic heterocycles. The predicted octanol–water partition coefficient (Wildman–Crippen LogP) is 1.06. The summed E-state index contributed by atoms with van der Waals surface area (Å²) in [5, 5.41) is 15.7. The van der Waals surface area contributed by atoms with E-state index in [0.29, 0.717) is 18.7 Å². The smallest absolute Gasteiger partial charge is 0.326 e. The van der Waals surface area contributed by atoms with Crippen LogP contribution in [0.5, 0.6) is 0 Å². The molecule has 2 N–H and O–H groups in total. The number of rotatable bonds is 6. The first-order valence-electron chi connectivity index (χ1n) is 6.13. The lowest BCUT2D eigenvalue weighted by Gasteiger charge is -2.12. The van der Waals surface area contributed by atoms with Gasteiger partial charge in [-0.25, -0.2) is 4.79 Å². The second-order valence-electron chi connectivity index (χ2n) is 3.96. The Morgan fingerprint density at radius 1 is 1.44 bits per heavy atom. The molecule has 1 amide bonds. The molecule has 1 atom stereocenters. The van der Waals surface area contributed by atoms with Gasteiger partial charge < -0.3 is 10.4 Å². The molecule has 1 aromatic rings. The molecule has 0 aromatic carbocycles. The van der Waals surface area contributed by atoms with Crippen LogP contribution in [-0.4, -0.2) is 32.8 Å². The molecule has 0 saturated heterocycles. The molecular weight excluding hydrogens is 234 g/mol. The van der Waals surface area contributed by atoms with Crippen LogP contribution in [0.2, 0.25) is 0 Å². The number of carbonyl (C=O) groups is 2. The van der Waals surface area contributed by atoms with E-state index in [0.717, 1.165) is 12.1 Å². The molecule has 1 rings (SSSR count). The van der Waals surface area contributed by atoms with Gasteiger partial charge in [-0.3, -0.25) is 9.48 Å². The van der Waals surface area contributed by atoms with Crippen LogP contribution in [-0.2, 0) is 17.8 Å². The van der Waals surface area contributed by atoms with E-state index in [4.69, 9.17) is 5.11 Å². The van der Waals surface area contributed by atoms with Crippen LogP contribution in [0.1, 0.15) is 43.4 Å². The maximum atomic E-state index is 12.0. The molecule has 6 nitrogen and oxygen atoms in total. The van der Waals surface area contributed by atoms with Crippen molar-refractivity contribution in [2.75, 3.05) is 0 Å². The highest BCUT2D eigenvalue weighted by Gasteiger charge is 2.21. The van der Waals surface area contributed by atoms with Gasteiger partial charge >= 0.3 is 5.97 Å². The molecule has 18 heavy (non-hydrogen) atoms. The third kappa shape index (κ3) is 3.09. The van der Waals surface area contributed by atoms with Crippen LogP contribution >= 0.6 is 0 Å². The highest BCUT2D eigenvalue weighted by atomic mass is 16.4. The zero-order valence-corrected chi connectivity index (χ0v) is 10.9. The average Bonchev–Trinajstić information content (AvgIpc) is 2.78. The summed E-state index contributed by atoms with van der Waals surface area (Å²) in [6.07, 6.45) is 1.09. The van der Waals surface area contributed by atoms with Gasteiger partial charge in [-0.1, -0.05) is 13.8 Å². The maximum absolute atomic E-state index is 12.0. The van der Waals surface area contributed by atoms with Crippen molar-refractivity contribution >= 4 is 11.9 Å². The number of nitrogens with one attached hydrogen (secondary N) is 1. The van der Waals surface area contributed by atoms with Crippen molar-refractivity contribution in [3.63, 3.8) is 0 Å². The zero-order valence-electron chi connectivity index (χ0n) is 10.9. The number of hydrogen-bond acceptors (Lipinski definition) is 3. The third-order valence-corrected chi connectivity index (χ3v) is 2.74. The van der Waals surface area contributed by atoms with Crippen LogP contribution in [0.25, 0.3) is 0 Å². The van der Waals surface area contributed by atoms with Gasteiger partial charge in [0.15, 0.2) is 0 Å². The van der Waals surface area contributed by atoms with E-state index in [-0.39, 0.29) is 0 Å². The van der Waals surface area contributed by atoms with Gasteiger partial charge in [0.1, 0.15) is 11.7 Å². The minimum Gasteiger partial charge on any atom is -0.480 e. The summed E-state index contributed by atoms with van der Waals surface area (Å²) in [6.45, 7) is 6.13. The first-order chi connectivity index (χ1) is 8.53. The molecule has 0 saturated carbocycles. The van der Waals surface area contributed by atoms with E-state index in [9.17, 15) is 9.59 Å². The zero-order chi connectivity index (χ0) is 13.7. The summed E-state index contributed by atoms with van der Waals surface area (Å²) >= 11 is 0. The Hall–Kier alpha value is -1.85. The lowest BCUT2D eigenvalue weighted by Crippen LogP contribution is -2.41. The van der Waals surface area contributed by atoms with E-state index < -0.39 is 17.9 Å². The minimum absolute atomic E-state index is 0.349. The highest BCUT2D eigenvalue weighted by molar-refractivity contribution is 5.95. The Labute approximate surface area is 106 Å². The van der Waals surface area contributed by atoms with E-state index in [2.05, 4.69) is 10.4 Å². The van der Waals surface area contributed by atoms with Gasteiger partial charge in [-0.2, -0.15) is 5.10 Å². The van der Waals surface area contributed by atoms with Gasteiger partial charge in [0.05, 0.1) is 5.69 Å². The van der Waals surface area contributed by atoms with Gasteiger partial charge in [0.2, 0.25) is 0 Å². The number of hydrogen-bond donors (Lipinski definition) is 2. The molecule has 6 heteroatoms. The first-order valence-corrected chi connectivity index (χ1v) is 6.13. The summed E-state index contributed by atoms with van der Waals surface area (Å²) in [6, 6.07) is 0.843. The minimum atomic E-state index is -1.02. The van der Waals surface area contributed by atoms with Crippen molar-refractivity contribution < 1.29 is 14.7 Å². The Morgan fingerprint density at radius 3 is 2.56 bits per heavy atom. The van der Waals surface area contributed by atoms with Gasteiger partial charge in [0, 0.05) is 6.54 Å². The lowest BCUT2D eigenvalue weighted by atomic mass is 10.2. The molecule has 0 unspecified atom stereocenters. The topological polar surface area (TPSA) is 84.2 Å². The Bertz CT molecular complexity index is 440. The van der Waals surface area contributed by atoms with Gasteiger partial charge in [0.25, 0.3) is 5.91 Å². The number of carboxylic acids is 1. The molecule has 0 aliphatic heterocycles. The molecule has 0 aliphatic rings. The number of amides is 1. The van der Waals surface area contributed by atoms with Crippen LogP contribution < -0.4 is 5.32 Å². The quantitative estimate of drug-likeness (QED) is 0.794. The fourth-order valence-corrected chi connectivity index (χ4v) is 1.64. The average molecular weight is 253 g/mol. The van der Waals surface area contributed by atoms with Crippen molar-refractivity contribution in [2.45, 2.75) is 46.2 Å². The number of aryl methyl sites for hydroxylation is 2. The van der Waals surface area contributed by atoms with Crippen molar-refractivity contribution in [2.24, 2.45) is 0 Å². The maximum Gasteiger partial charge on any atom is 0.326 e. The van der Waals surface area contributed by atoms with E-state index in [1.165, 1.54) is 0 Å². The molecule has 0 spiro atoms.